The lowest BCUT2D eigenvalue weighted by Gasteiger charge is -2.41. The first-order chi connectivity index (χ1) is 8.67. The maximum atomic E-state index is 3.72. The van der Waals surface area contributed by atoms with Crippen LogP contribution in [0.3, 0.4) is 0 Å². The smallest absolute Gasteiger partial charge is 0.0221 e. The molecule has 1 heterocycles. The highest BCUT2D eigenvalue weighted by Crippen LogP contribution is 2.37. The molecule has 106 valence electrons. The largest absolute Gasteiger partial charge is 0.311 e. The van der Waals surface area contributed by atoms with Crippen molar-refractivity contribution in [3.63, 3.8) is 0 Å². The van der Waals surface area contributed by atoms with E-state index in [0.717, 1.165) is 29.8 Å². The SMILES string of the molecule is CCC(C)C1CN(C2CCC(CC)C2C)CCN1. The van der Waals surface area contributed by atoms with Crippen molar-refractivity contribution >= 4 is 0 Å². The summed E-state index contributed by atoms with van der Waals surface area (Å²) >= 11 is 0. The van der Waals surface area contributed by atoms with E-state index in [1.54, 1.807) is 0 Å². The molecule has 0 aromatic carbocycles. The second-order valence-electron chi connectivity index (χ2n) is 6.61. The molecule has 0 aromatic rings. The van der Waals surface area contributed by atoms with Crippen molar-refractivity contribution in [1.29, 1.82) is 0 Å². The predicted octanol–water partition coefficient (Wildman–Crippen LogP) is 3.13. The number of rotatable bonds is 4. The van der Waals surface area contributed by atoms with Crippen LogP contribution in [0.1, 0.15) is 53.4 Å². The quantitative estimate of drug-likeness (QED) is 0.827. The van der Waals surface area contributed by atoms with Crippen molar-refractivity contribution in [3.8, 4) is 0 Å². The van der Waals surface area contributed by atoms with Gasteiger partial charge in [-0.05, 0) is 30.6 Å². The molecule has 5 atom stereocenters. The Labute approximate surface area is 114 Å². The predicted molar refractivity (Wildman–Crippen MR) is 78.8 cm³/mol. The van der Waals surface area contributed by atoms with Crippen LogP contribution in [0.15, 0.2) is 0 Å². The highest BCUT2D eigenvalue weighted by Gasteiger charge is 2.37. The lowest BCUT2D eigenvalue weighted by molar-refractivity contribution is 0.0974. The van der Waals surface area contributed by atoms with Crippen molar-refractivity contribution in [2.45, 2.75) is 65.5 Å². The highest BCUT2D eigenvalue weighted by molar-refractivity contribution is 4.92. The van der Waals surface area contributed by atoms with Gasteiger partial charge in [0.15, 0.2) is 0 Å². The van der Waals surface area contributed by atoms with Crippen molar-refractivity contribution in [2.24, 2.45) is 17.8 Å². The van der Waals surface area contributed by atoms with Gasteiger partial charge in [0.25, 0.3) is 0 Å². The summed E-state index contributed by atoms with van der Waals surface area (Å²) in [5.41, 5.74) is 0. The fourth-order valence-corrected chi connectivity index (χ4v) is 4.08. The number of piperazine rings is 1. The summed E-state index contributed by atoms with van der Waals surface area (Å²) in [6.07, 6.45) is 5.56. The minimum atomic E-state index is 0.719. The van der Waals surface area contributed by atoms with Crippen LogP contribution < -0.4 is 5.32 Å². The third-order valence-corrected chi connectivity index (χ3v) is 5.74. The first kappa shape index (κ1) is 14.3. The van der Waals surface area contributed by atoms with Crippen molar-refractivity contribution in [2.75, 3.05) is 19.6 Å². The summed E-state index contributed by atoms with van der Waals surface area (Å²) in [5, 5.41) is 3.72. The van der Waals surface area contributed by atoms with E-state index < -0.39 is 0 Å². The second kappa shape index (κ2) is 6.38. The Kier molecular flexibility index (Phi) is 5.08. The van der Waals surface area contributed by atoms with E-state index in [0.29, 0.717) is 0 Å². The monoisotopic (exact) mass is 252 g/mol. The van der Waals surface area contributed by atoms with Crippen LogP contribution in [0.2, 0.25) is 0 Å². The van der Waals surface area contributed by atoms with E-state index in [4.69, 9.17) is 0 Å². The number of hydrogen-bond donors (Lipinski definition) is 1. The van der Waals surface area contributed by atoms with Crippen LogP contribution in [0.4, 0.5) is 0 Å². The second-order valence-corrected chi connectivity index (χ2v) is 6.61. The molecule has 1 saturated carbocycles. The Hall–Kier alpha value is -0.0800. The van der Waals surface area contributed by atoms with Crippen LogP contribution in [-0.4, -0.2) is 36.6 Å². The molecule has 1 aliphatic carbocycles. The molecule has 2 fully saturated rings. The minimum absolute atomic E-state index is 0.719. The van der Waals surface area contributed by atoms with E-state index in [9.17, 15) is 0 Å². The van der Waals surface area contributed by atoms with Gasteiger partial charge in [-0.3, -0.25) is 4.90 Å². The third kappa shape index (κ3) is 2.91. The highest BCUT2D eigenvalue weighted by atomic mass is 15.2. The van der Waals surface area contributed by atoms with Gasteiger partial charge >= 0.3 is 0 Å². The normalized spacial score (nSPS) is 40.0. The van der Waals surface area contributed by atoms with Crippen LogP contribution in [0, 0.1) is 17.8 Å². The summed E-state index contributed by atoms with van der Waals surface area (Å²) < 4.78 is 0. The zero-order valence-corrected chi connectivity index (χ0v) is 12.8. The molecule has 0 spiro atoms. The summed E-state index contributed by atoms with van der Waals surface area (Å²) in [6.45, 7) is 13.3. The van der Waals surface area contributed by atoms with Crippen LogP contribution in [-0.2, 0) is 0 Å². The van der Waals surface area contributed by atoms with Gasteiger partial charge < -0.3 is 5.32 Å². The van der Waals surface area contributed by atoms with E-state index >= 15 is 0 Å². The van der Waals surface area contributed by atoms with Crippen molar-refractivity contribution < 1.29 is 0 Å². The molecule has 2 aliphatic rings. The van der Waals surface area contributed by atoms with Gasteiger partial charge in [0, 0.05) is 31.7 Å². The molecular weight excluding hydrogens is 220 g/mol. The third-order valence-electron chi connectivity index (χ3n) is 5.74. The molecule has 5 unspecified atom stereocenters. The van der Waals surface area contributed by atoms with Gasteiger partial charge in [0.05, 0.1) is 0 Å². The zero-order chi connectivity index (χ0) is 13.1. The van der Waals surface area contributed by atoms with Crippen LogP contribution in [0.25, 0.3) is 0 Å². The molecular formula is C16H32N2. The average Bonchev–Trinajstić information content (AvgIpc) is 2.79. The Morgan fingerprint density at radius 3 is 2.67 bits per heavy atom. The summed E-state index contributed by atoms with van der Waals surface area (Å²) in [5.74, 6) is 2.70. The van der Waals surface area contributed by atoms with Gasteiger partial charge in [-0.15, -0.1) is 0 Å². The Bertz CT molecular complexity index is 253. The fourth-order valence-electron chi connectivity index (χ4n) is 4.08. The number of nitrogens with zero attached hydrogens (tertiary/aromatic N) is 1. The van der Waals surface area contributed by atoms with E-state index in [-0.39, 0.29) is 0 Å². The van der Waals surface area contributed by atoms with Crippen LogP contribution >= 0.6 is 0 Å². The first-order valence-corrected chi connectivity index (χ1v) is 8.14. The van der Waals surface area contributed by atoms with Crippen molar-refractivity contribution in [1.82, 2.24) is 10.2 Å². The molecule has 0 radical (unpaired) electrons. The Morgan fingerprint density at radius 2 is 2.06 bits per heavy atom. The summed E-state index contributed by atoms with van der Waals surface area (Å²) in [4.78, 5) is 2.80. The molecule has 2 heteroatoms. The van der Waals surface area contributed by atoms with Gasteiger partial charge in [-0.2, -0.15) is 0 Å². The molecule has 0 amide bonds. The standard InChI is InChI=1S/C16H32N2/c1-5-12(3)15-11-18(10-9-17-15)16-8-7-14(6-2)13(16)4/h12-17H,5-11H2,1-4H3. The van der Waals surface area contributed by atoms with E-state index in [2.05, 4.69) is 37.9 Å². The molecule has 18 heavy (non-hydrogen) atoms. The maximum absolute atomic E-state index is 3.72. The molecule has 1 aliphatic heterocycles. The molecule has 2 nitrogen and oxygen atoms in total. The molecule has 1 saturated heterocycles. The fraction of sp³-hybridized carbons (Fsp3) is 1.00. The lowest BCUT2D eigenvalue weighted by Crippen LogP contribution is -2.56. The number of nitrogens with one attached hydrogen (secondary N) is 1. The lowest BCUT2D eigenvalue weighted by atomic mass is 9.91. The Morgan fingerprint density at radius 1 is 1.28 bits per heavy atom. The van der Waals surface area contributed by atoms with Crippen LogP contribution in [0.5, 0.6) is 0 Å². The van der Waals surface area contributed by atoms with Gasteiger partial charge in [0.2, 0.25) is 0 Å². The van der Waals surface area contributed by atoms with Gasteiger partial charge in [-0.1, -0.05) is 40.5 Å². The summed E-state index contributed by atoms with van der Waals surface area (Å²) in [6, 6.07) is 1.58. The minimum Gasteiger partial charge on any atom is -0.311 e. The van der Waals surface area contributed by atoms with E-state index in [1.165, 1.54) is 45.3 Å². The van der Waals surface area contributed by atoms with E-state index in [1.807, 2.05) is 0 Å². The molecule has 0 aromatic heterocycles. The first-order valence-electron chi connectivity index (χ1n) is 8.14. The Balaban J connectivity index is 1.93. The van der Waals surface area contributed by atoms with Crippen molar-refractivity contribution in [3.05, 3.63) is 0 Å². The van der Waals surface area contributed by atoms with Gasteiger partial charge in [0.1, 0.15) is 0 Å². The zero-order valence-electron chi connectivity index (χ0n) is 12.8. The molecule has 1 N–H and O–H groups in total. The topological polar surface area (TPSA) is 15.3 Å². The average molecular weight is 252 g/mol. The number of hydrogen-bond acceptors (Lipinski definition) is 2. The van der Waals surface area contributed by atoms with Gasteiger partial charge in [-0.25, -0.2) is 0 Å². The molecule has 0 bridgehead atoms. The summed E-state index contributed by atoms with van der Waals surface area (Å²) in [7, 11) is 0. The molecule has 2 rings (SSSR count). The maximum Gasteiger partial charge on any atom is 0.0221 e.